The van der Waals surface area contributed by atoms with E-state index in [4.69, 9.17) is 4.84 Å². The van der Waals surface area contributed by atoms with Gasteiger partial charge >= 0.3 is 0 Å². The quantitative estimate of drug-likeness (QED) is 0.823. The third-order valence-electron chi connectivity index (χ3n) is 3.91. The minimum Gasteiger partial charge on any atom is -0.361 e. The van der Waals surface area contributed by atoms with Gasteiger partial charge in [0.15, 0.2) is 0 Å². The maximum Gasteiger partial charge on any atom is 0.0636 e. The monoisotopic (exact) mass is 268 g/mol. The molecule has 0 amide bonds. The van der Waals surface area contributed by atoms with Gasteiger partial charge in [-0.2, -0.15) is 0 Å². The molecule has 0 saturated heterocycles. The lowest BCUT2D eigenvalue weighted by molar-refractivity contribution is 0.113. The molecule has 3 rings (SSSR count). The Morgan fingerprint density at radius 2 is 2.20 bits per heavy atom. The van der Waals surface area contributed by atoms with Crippen molar-refractivity contribution in [1.29, 1.82) is 0 Å². The lowest BCUT2D eigenvalue weighted by Crippen LogP contribution is -2.15. The standard InChI is InChI=1S/C17H20N2O/c1-20-19-16-9-7-13(8-10-16)14-4-2-5-15(12-14)17-6-3-11-18-17/h2-6,9,11-13,18-19H,7-8,10H2,1H3. The summed E-state index contributed by atoms with van der Waals surface area (Å²) in [6, 6.07) is 13.0. The van der Waals surface area contributed by atoms with Crippen LogP contribution in [0.3, 0.4) is 0 Å². The van der Waals surface area contributed by atoms with Crippen molar-refractivity contribution >= 4 is 0 Å². The summed E-state index contributed by atoms with van der Waals surface area (Å²) in [5.41, 5.74) is 8.01. The summed E-state index contributed by atoms with van der Waals surface area (Å²) in [6.45, 7) is 0. The zero-order valence-corrected chi connectivity index (χ0v) is 11.7. The SMILES string of the molecule is CONC1=CCC(c2cccc(-c3ccc[nH]3)c2)CC1. The molecule has 3 heteroatoms. The van der Waals surface area contributed by atoms with E-state index in [2.05, 4.69) is 46.9 Å². The lowest BCUT2D eigenvalue weighted by Gasteiger charge is -2.22. The van der Waals surface area contributed by atoms with Gasteiger partial charge in [0, 0.05) is 17.6 Å². The molecule has 1 atom stereocenters. The Morgan fingerprint density at radius 1 is 1.25 bits per heavy atom. The number of benzene rings is 1. The number of H-pyrrole nitrogens is 1. The summed E-state index contributed by atoms with van der Waals surface area (Å²) >= 11 is 0. The summed E-state index contributed by atoms with van der Waals surface area (Å²) in [5.74, 6) is 0.604. The van der Waals surface area contributed by atoms with E-state index in [0.717, 1.165) is 19.3 Å². The molecule has 1 aromatic carbocycles. The summed E-state index contributed by atoms with van der Waals surface area (Å²) in [5, 5.41) is 0. The highest BCUT2D eigenvalue weighted by Gasteiger charge is 2.16. The Hall–Kier alpha value is -2.00. The second-order valence-electron chi connectivity index (χ2n) is 5.22. The van der Waals surface area contributed by atoms with Gasteiger partial charge in [-0.05, 0) is 54.5 Å². The Morgan fingerprint density at radius 3 is 2.90 bits per heavy atom. The van der Waals surface area contributed by atoms with Crippen molar-refractivity contribution in [3.05, 3.63) is 59.9 Å². The van der Waals surface area contributed by atoms with Crippen LogP contribution in [0.5, 0.6) is 0 Å². The second kappa shape index (κ2) is 5.97. The van der Waals surface area contributed by atoms with E-state index in [9.17, 15) is 0 Å². The summed E-state index contributed by atoms with van der Waals surface area (Å²) in [6.07, 6.45) is 7.49. The number of hydroxylamine groups is 1. The minimum atomic E-state index is 0.604. The van der Waals surface area contributed by atoms with E-state index >= 15 is 0 Å². The Labute approximate surface area is 119 Å². The van der Waals surface area contributed by atoms with Gasteiger partial charge in [0.05, 0.1) is 7.11 Å². The van der Waals surface area contributed by atoms with Crippen LogP contribution in [0.15, 0.2) is 54.4 Å². The molecule has 1 heterocycles. The average molecular weight is 268 g/mol. The summed E-state index contributed by atoms with van der Waals surface area (Å²) in [4.78, 5) is 8.24. The van der Waals surface area contributed by atoms with Gasteiger partial charge in [0.2, 0.25) is 0 Å². The van der Waals surface area contributed by atoms with Crippen LogP contribution in [-0.2, 0) is 4.84 Å². The van der Waals surface area contributed by atoms with Crippen LogP contribution in [0.4, 0.5) is 0 Å². The highest BCUT2D eigenvalue weighted by molar-refractivity contribution is 5.60. The molecule has 1 aliphatic rings. The van der Waals surface area contributed by atoms with E-state index in [1.807, 2.05) is 12.3 Å². The molecular weight excluding hydrogens is 248 g/mol. The Balaban J connectivity index is 1.77. The van der Waals surface area contributed by atoms with Crippen molar-refractivity contribution in [3.63, 3.8) is 0 Å². The van der Waals surface area contributed by atoms with Crippen LogP contribution in [-0.4, -0.2) is 12.1 Å². The number of nitrogens with one attached hydrogen (secondary N) is 2. The predicted octanol–water partition coefficient (Wildman–Crippen LogP) is 3.98. The van der Waals surface area contributed by atoms with Crippen LogP contribution in [0.1, 0.15) is 30.7 Å². The first-order valence-electron chi connectivity index (χ1n) is 7.08. The van der Waals surface area contributed by atoms with E-state index < -0.39 is 0 Å². The van der Waals surface area contributed by atoms with Crippen LogP contribution in [0, 0.1) is 0 Å². The molecule has 1 aromatic heterocycles. The van der Waals surface area contributed by atoms with Crippen LogP contribution in [0.2, 0.25) is 0 Å². The first-order chi connectivity index (χ1) is 9.86. The van der Waals surface area contributed by atoms with Crippen LogP contribution >= 0.6 is 0 Å². The van der Waals surface area contributed by atoms with Gasteiger partial charge in [0.1, 0.15) is 0 Å². The zero-order chi connectivity index (χ0) is 13.8. The van der Waals surface area contributed by atoms with Gasteiger partial charge in [-0.3, -0.25) is 10.3 Å². The number of allylic oxidation sites excluding steroid dienone is 2. The fourth-order valence-electron chi connectivity index (χ4n) is 2.83. The molecular formula is C17H20N2O. The fourth-order valence-corrected chi connectivity index (χ4v) is 2.83. The fraction of sp³-hybridized carbons (Fsp3) is 0.294. The van der Waals surface area contributed by atoms with Crippen molar-refractivity contribution < 1.29 is 4.84 Å². The number of hydrogen-bond donors (Lipinski definition) is 2. The van der Waals surface area contributed by atoms with Crippen molar-refractivity contribution in [3.8, 4) is 11.3 Å². The first-order valence-corrected chi connectivity index (χ1v) is 7.08. The van der Waals surface area contributed by atoms with Crippen molar-refractivity contribution in [2.45, 2.75) is 25.2 Å². The Kier molecular flexibility index (Phi) is 3.88. The number of aromatic amines is 1. The molecule has 0 saturated carbocycles. The predicted molar refractivity (Wildman–Crippen MR) is 81.0 cm³/mol. The summed E-state index contributed by atoms with van der Waals surface area (Å²) in [7, 11) is 1.66. The van der Waals surface area contributed by atoms with Crippen molar-refractivity contribution in [1.82, 2.24) is 10.5 Å². The molecule has 2 N–H and O–H groups in total. The molecule has 2 aromatic rings. The van der Waals surface area contributed by atoms with Gasteiger partial charge in [0.25, 0.3) is 0 Å². The molecule has 1 unspecified atom stereocenters. The molecule has 0 aliphatic heterocycles. The molecule has 0 bridgehead atoms. The molecule has 3 nitrogen and oxygen atoms in total. The second-order valence-corrected chi connectivity index (χ2v) is 5.22. The highest BCUT2D eigenvalue weighted by Crippen LogP contribution is 2.33. The Bertz CT molecular complexity index is 587. The minimum absolute atomic E-state index is 0.604. The molecule has 0 fully saturated rings. The number of hydrogen-bond acceptors (Lipinski definition) is 2. The normalized spacial score (nSPS) is 18.6. The molecule has 0 spiro atoms. The van der Waals surface area contributed by atoms with Gasteiger partial charge < -0.3 is 4.98 Å². The van der Waals surface area contributed by atoms with Gasteiger partial charge in [-0.15, -0.1) is 0 Å². The van der Waals surface area contributed by atoms with E-state index in [-0.39, 0.29) is 0 Å². The van der Waals surface area contributed by atoms with Crippen molar-refractivity contribution in [2.75, 3.05) is 7.11 Å². The number of rotatable bonds is 4. The third-order valence-corrected chi connectivity index (χ3v) is 3.91. The highest BCUT2D eigenvalue weighted by atomic mass is 16.6. The molecule has 20 heavy (non-hydrogen) atoms. The van der Waals surface area contributed by atoms with Crippen LogP contribution in [0.25, 0.3) is 11.3 Å². The average Bonchev–Trinajstić information content (AvgIpc) is 3.03. The first kappa shape index (κ1) is 13.0. The van der Waals surface area contributed by atoms with Gasteiger partial charge in [-0.1, -0.05) is 24.3 Å². The van der Waals surface area contributed by atoms with E-state index in [1.165, 1.54) is 22.5 Å². The zero-order valence-electron chi connectivity index (χ0n) is 11.7. The molecule has 1 aliphatic carbocycles. The maximum atomic E-state index is 4.97. The van der Waals surface area contributed by atoms with E-state index in [1.54, 1.807) is 7.11 Å². The van der Waals surface area contributed by atoms with Gasteiger partial charge in [-0.25, -0.2) is 0 Å². The topological polar surface area (TPSA) is 37.0 Å². The smallest absolute Gasteiger partial charge is 0.0636 e. The largest absolute Gasteiger partial charge is 0.361 e. The molecule has 104 valence electrons. The number of aromatic nitrogens is 1. The lowest BCUT2D eigenvalue weighted by atomic mass is 9.86. The molecule has 0 radical (unpaired) electrons. The maximum absolute atomic E-state index is 4.97. The van der Waals surface area contributed by atoms with E-state index in [0.29, 0.717) is 5.92 Å². The van der Waals surface area contributed by atoms with Crippen LogP contribution < -0.4 is 5.48 Å². The summed E-state index contributed by atoms with van der Waals surface area (Å²) < 4.78 is 0. The third kappa shape index (κ3) is 2.78. The van der Waals surface area contributed by atoms with Crippen molar-refractivity contribution in [2.24, 2.45) is 0 Å².